The summed E-state index contributed by atoms with van der Waals surface area (Å²) >= 11 is 4.57. The van der Waals surface area contributed by atoms with Crippen LogP contribution in [0.2, 0.25) is 0 Å². The van der Waals surface area contributed by atoms with Crippen molar-refractivity contribution in [3.05, 3.63) is 26.2 Å². The molecule has 0 unspecified atom stereocenters. The fourth-order valence-corrected chi connectivity index (χ4v) is 3.52. The van der Waals surface area contributed by atoms with Crippen molar-refractivity contribution in [2.45, 2.75) is 27.3 Å². The molecule has 2 rings (SSSR count). The summed E-state index contributed by atoms with van der Waals surface area (Å²) in [5.41, 5.74) is 9.09. The lowest BCUT2D eigenvalue weighted by molar-refractivity contribution is -0.116. The van der Waals surface area contributed by atoms with Gasteiger partial charge < -0.3 is 11.1 Å². The molecule has 0 bridgehead atoms. The van der Waals surface area contributed by atoms with Crippen molar-refractivity contribution in [1.82, 2.24) is 9.78 Å². The van der Waals surface area contributed by atoms with Crippen molar-refractivity contribution in [2.75, 3.05) is 10.8 Å². The molecule has 0 aliphatic carbocycles. The Morgan fingerprint density at radius 1 is 1.39 bits per heavy atom. The number of anilines is 2. The van der Waals surface area contributed by atoms with Gasteiger partial charge in [0.1, 0.15) is 11.5 Å². The lowest BCUT2D eigenvalue weighted by atomic mass is 10.1. The van der Waals surface area contributed by atoms with E-state index in [1.54, 1.807) is 13.8 Å². The molecule has 0 atom stereocenters. The van der Waals surface area contributed by atoms with E-state index in [0.717, 1.165) is 10.4 Å². The van der Waals surface area contributed by atoms with Crippen LogP contribution < -0.4 is 16.5 Å². The fraction of sp³-hybridized carbons (Fsp3) is 0.308. The first kappa shape index (κ1) is 17.4. The Bertz CT molecular complexity index is 783. The highest BCUT2D eigenvalue weighted by Crippen LogP contribution is 2.32. The Kier molecular flexibility index (Phi) is 5.07. The topological polar surface area (TPSA) is 122 Å². The molecule has 0 fully saturated rings. The Morgan fingerprint density at radius 2 is 2.04 bits per heavy atom. The summed E-state index contributed by atoms with van der Waals surface area (Å²) in [6, 6.07) is 0. The second kappa shape index (κ2) is 6.69. The van der Waals surface area contributed by atoms with E-state index in [2.05, 4.69) is 26.3 Å². The molecule has 0 aliphatic heterocycles. The number of nitrogens with two attached hydrogens (primary N) is 1. The molecular weight excluding hydrogens is 386 g/mol. The minimum atomic E-state index is -0.577. The molecule has 124 valence electrons. The van der Waals surface area contributed by atoms with E-state index < -0.39 is 5.91 Å². The Labute approximate surface area is 144 Å². The minimum Gasteiger partial charge on any atom is -0.365 e. The summed E-state index contributed by atoms with van der Waals surface area (Å²) in [4.78, 5) is 24.7. The van der Waals surface area contributed by atoms with Gasteiger partial charge in [0.2, 0.25) is 5.91 Å². The van der Waals surface area contributed by atoms with E-state index in [1.807, 2.05) is 12.4 Å². The molecule has 2 aromatic heterocycles. The maximum absolute atomic E-state index is 12.2. The SMILES string of the molecule is Cc1sc(NC(=O)Cn2nc(NO)c(Br)c2C)c(C(N)=O)c1C. The van der Waals surface area contributed by atoms with Gasteiger partial charge in [-0.05, 0) is 42.3 Å². The number of aromatic nitrogens is 2. The van der Waals surface area contributed by atoms with Crippen molar-refractivity contribution in [3.63, 3.8) is 0 Å². The molecule has 0 aromatic carbocycles. The summed E-state index contributed by atoms with van der Waals surface area (Å²) in [6.45, 7) is 5.32. The second-order valence-corrected chi connectivity index (χ2v) is 6.93. The number of carbonyl (C=O) groups is 2. The van der Waals surface area contributed by atoms with Crippen molar-refractivity contribution >= 4 is 49.9 Å². The molecule has 2 heterocycles. The quantitative estimate of drug-likeness (QED) is 0.571. The van der Waals surface area contributed by atoms with Gasteiger partial charge in [-0.1, -0.05) is 0 Å². The largest absolute Gasteiger partial charge is 0.365 e. The van der Waals surface area contributed by atoms with E-state index >= 15 is 0 Å². The number of hydrogen-bond acceptors (Lipinski definition) is 6. The van der Waals surface area contributed by atoms with E-state index in [9.17, 15) is 9.59 Å². The smallest absolute Gasteiger partial charge is 0.251 e. The van der Waals surface area contributed by atoms with Gasteiger partial charge in [0.15, 0.2) is 5.82 Å². The van der Waals surface area contributed by atoms with Crippen LogP contribution in [-0.4, -0.2) is 26.8 Å². The number of aryl methyl sites for hydroxylation is 1. The average molecular weight is 402 g/mol. The lowest BCUT2D eigenvalue weighted by Gasteiger charge is -2.06. The minimum absolute atomic E-state index is 0.0691. The zero-order valence-electron chi connectivity index (χ0n) is 12.7. The van der Waals surface area contributed by atoms with Gasteiger partial charge in [-0.15, -0.1) is 11.3 Å². The zero-order chi connectivity index (χ0) is 17.3. The third-order valence-electron chi connectivity index (χ3n) is 3.42. The molecule has 2 aromatic rings. The van der Waals surface area contributed by atoms with Crippen LogP contribution in [0.4, 0.5) is 10.8 Å². The molecular formula is C13H16BrN5O3S. The molecule has 0 saturated carbocycles. The van der Waals surface area contributed by atoms with Gasteiger partial charge in [-0.3, -0.25) is 19.5 Å². The molecule has 23 heavy (non-hydrogen) atoms. The van der Waals surface area contributed by atoms with Gasteiger partial charge in [0, 0.05) is 4.88 Å². The van der Waals surface area contributed by atoms with Crippen molar-refractivity contribution in [1.29, 1.82) is 0 Å². The van der Waals surface area contributed by atoms with Gasteiger partial charge >= 0.3 is 0 Å². The number of rotatable bonds is 5. The number of halogens is 1. The Hall–Kier alpha value is -1.91. The summed E-state index contributed by atoms with van der Waals surface area (Å²) < 4.78 is 1.99. The van der Waals surface area contributed by atoms with Crippen LogP contribution >= 0.6 is 27.3 Å². The summed E-state index contributed by atoms with van der Waals surface area (Å²) in [5.74, 6) is -0.709. The predicted molar refractivity (Wildman–Crippen MR) is 91.0 cm³/mol. The number of carbonyl (C=O) groups excluding carboxylic acids is 2. The van der Waals surface area contributed by atoms with E-state index in [0.29, 0.717) is 20.7 Å². The monoisotopic (exact) mass is 401 g/mol. The molecule has 5 N–H and O–H groups in total. The molecule has 0 spiro atoms. The number of amides is 2. The molecule has 10 heteroatoms. The number of nitrogens with zero attached hydrogens (tertiary/aromatic N) is 2. The Balaban J connectivity index is 2.21. The van der Waals surface area contributed by atoms with Crippen LogP contribution in [0.3, 0.4) is 0 Å². The number of nitrogens with one attached hydrogen (secondary N) is 2. The number of primary amides is 1. The highest BCUT2D eigenvalue weighted by atomic mass is 79.9. The van der Waals surface area contributed by atoms with Crippen molar-refractivity contribution < 1.29 is 14.8 Å². The standard InChI is InChI=1S/C13H16BrN5O3S/c1-5-7(3)23-13(9(5)11(15)21)16-8(20)4-19-6(2)10(14)12(17-19)18-22/h22H,4H2,1-3H3,(H2,15,21)(H,16,20)(H,17,18). The molecule has 8 nitrogen and oxygen atoms in total. The van der Waals surface area contributed by atoms with E-state index in [4.69, 9.17) is 10.9 Å². The lowest BCUT2D eigenvalue weighted by Crippen LogP contribution is -2.22. The maximum Gasteiger partial charge on any atom is 0.251 e. The van der Waals surface area contributed by atoms with Crippen LogP contribution in [0.25, 0.3) is 0 Å². The first-order valence-electron chi connectivity index (χ1n) is 6.58. The summed E-state index contributed by atoms with van der Waals surface area (Å²) in [7, 11) is 0. The predicted octanol–water partition coefficient (Wildman–Crippen LogP) is 2.17. The third kappa shape index (κ3) is 3.38. The van der Waals surface area contributed by atoms with Crippen molar-refractivity contribution in [3.8, 4) is 0 Å². The highest BCUT2D eigenvalue weighted by molar-refractivity contribution is 9.10. The van der Waals surface area contributed by atoms with E-state index in [1.165, 1.54) is 16.0 Å². The third-order valence-corrected chi connectivity index (χ3v) is 5.49. The summed E-state index contributed by atoms with van der Waals surface area (Å²) in [6.07, 6.45) is 0. The van der Waals surface area contributed by atoms with Crippen molar-refractivity contribution in [2.24, 2.45) is 5.73 Å². The van der Waals surface area contributed by atoms with Gasteiger partial charge in [0.25, 0.3) is 5.91 Å². The highest BCUT2D eigenvalue weighted by Gasteiger charge is 2.20. The van der Waals surface area contributed by atoms with Crippen LogP contribution in [-0.2, 0) is 11.3 Å². The second-order valence-electron chi connectivity index (χ2n) is 4.92. The zero-order valence-corrected chi connectivity index (χ0v) is 15.1. The van der Waals surface area contributed by atoms with Crippen LogP contribution in [0, 0.1) is 20.8 Å². The van der Waals surface area contributed by atoms with E-state index in [-0.39, 0.29) is 18.3 Å². The maximum atomic E-state index is 12.2. The number of thiophene rings is 1. The number of hydrogen-bond donors (Lipinski definition) is 4. The molecule has 2 amide bonds. The van der Waals surface area contributed by atoms with Crippen LogP contribution in [0.5, 0.6) is 0 Å². The average Bonchev–Trinajstić information content (AvgIpc) is 2.90. The first-order chi connectivity index (χ1) is 10.8. The molecule has 0 radical (unpaired) electrons. The van der Waals surface area contributed by atoms with Gasteiger partial charge in [0.05, 0.1) is 15.7 Å². The van der Waals surface area contributed by atoms with Crippen LogP contribution in [0.15, 0.2) is 4.47 Å². The van der Waals surface area contributed by atoms with Crippen LogP contribution in [0.1, 0.15) is 26.5 Å². The summed E-state index contributed by atoms with van der Waals surface area (Å²) in [5, 5.41) is 16.1. The molecule has 0 aliphatic rings. The Morgan fingerprint density at radius 3 is 2.57 bits per heavy atom. The van der Waals surface area contributed by atoms with Gasteiger partial charge in [-0.2, -0.15) is 5.10 Å². The van der Waals surface area contributed by atoms with Gasteiger partial charge in [-0.25, -0.2) is 5.48 Å². The normalized spacial score (nSPS) is 10.7. The molecule has 0 saturated heterocycles. The fourth-order valence-electron chi connectivity index (χ4n) is 2.06. The first-order valence-corrected chi connectivity index (χ1v) is 8.19.